The van der Waals surface area contributed by atoms with Crippen molar-refractivity contribution in [3.8, 4) is 0 Å². The van der Waals surface area contributed by atoms with E-state index in [0.717, 1.165) is 44.6 Å². The third-order valence-electron chi connectivity index (χ3n) is 3.84. The number of unbranched alkanes of at least 4 members (excludes halogenated alkanes) is 1. The van der Waals surface area contributed by atoms with Gasteiger partial charge in [0.05, 0.1) is 5.60 Å². The summed E-state index contributed by atoms with van der Waals surface area (Å²) in [5.74, 6) is 2.21. The molecular formula is C13H24N2O2S. The molecule has 104 valence electrons. The van der Waals surface area contributed by atoms with Gasteiger partial charge < -0.3 is 15.8 Å². The average molecular weight is 272 g/mol. The van der Waals surface area contributed by atoms with Crippen LogP contribution in [0.2, 0.25) is 0 Å². The number of nitrogens with one attached hydrogen (secondary N) is 1. The normalized spacial score (nSPS) is 31.9. The Morgan fingerprint density at radius 2 is 2.39 bits per heavy atom. The van der Waals surface area contributed by atoms with Crippen LogP contribution in [0.1, 0.15) is 38.5 Å². The Morgan fingerprint density at radius 3 is 3.11 bits per heavy atom. The number of rotatable bonds is 6. The Balaban J connectivity index is 1.62. The third kappa shape index (κ3) is 4.14. The van der Waals surface area contributed by atoms with E-state index in [-0.39, 0.29) is 11.5 Å². The standard InChI is InChI=1S/C13H24N2O2S/c14-12(16)3-1-2-6-15-11-4-7-17-13(9-11)5-8-18-10-13/h11,15H,1-10H2,(H2,14,16). The Hall–Kier alpha value is -0.260. The van der Waals surface area contributed by atoms with Crippen LogP contribution < -0.4 is 11.1 Å². The average Bonchev–Trinajstić information content (AvgIpc) is 2.76. The smallest absolute Gasteiger partial charge is 0.217 e. The highest BCUT2D eigenvalue weighted by molar-refractivity contribution is 7.99. The van der Waals surface area contributed by atoms with E-state index in [9.17, 15) is 4.79 Å². The highest BCUT2D eigenvalue weighted by atomic mass is 32.2. The van der Waals surface area contributed by atoms with Crippen LogP contribution >= 0.6 is 11.8 Å². The number of carbonyl (C=O) groups excluding carboxylic acids is 1. The van der Waals surface area contributed by atoms with Crippen molar-refractivity contribution >= 4 is 17.7 Å². The number of hydrogen-bond donors (Lipinski definition) is 2. The van der Waals surface area contributed by atoms with Crippen LogP contribution in [0.5, 0.6) is 0 Å². The zero-order chi connectivity index (χ0) is 12.8. The predicted molar refractivity (Wildman–Crippen MR) is 74.7 cm³/mol. The summed E-state index contributed by atoms with van der Waals surface area (Å²) in [7, 11) is 0. The molecule has 2 rings (SSSR count). The monoisotopic (exact) mass is 272 g/mol. The van der Waals surface area contributed by atoms with Crippen molar-refractivity contribution in [2.24, 2.45) is 5.73 Å². The van der Waals surface area contributed by atoms with Crippen molar-refractivity contribution < 1.29 is 9.53 Å². The Labute approximate surface area is 113 Å². The van der Waals surface area contributed by atoms with Crippen LogP contribution in [0.3, 0.4) is 0 Å². The number of hydrogen-bond acceptors (Lipinski definition) is 4. The molecule has 2 aliphatic rings. The number of nitrogens with two attached hydrogens (primary N) is 1. The van der Waals surface area contributed by atoms with Gasteiger partial charge in [-0.3, -0.25) is 4.79 Å². The molecule has 2 unspecified atom stereocenters. The molecule has 2 atom stereocenters. The summed E-state index contributed by atoms with van der Waals surface area (Å²) in [6.45, 7) is 1.88. The van der Waals surface area contributed by atoms with E-state index < -0.39 is 0 Å². The Morgan fingerprint density at radius 1 is 1.50 bits per heavy atom. The van der Waals surface area contributed by atoms with Crippen LogP contribution in [0.4, 0.5) is 0 Å². The molecule has 4 nitrogen and oxygen atoms in total. The summed E-state index contributed by atoms with van der Waals surface area (Å²) in [5, 5.41) is 3.61. The van der Waals surface area contributed by atoms with E-state index in [4.69, 9.17) is 10.5 Å². The van der Waals surface area contributed by atoms with Crippen LogP contribution in [0.15, 0.2) is 0 Å². The molecule has 0 aromatic rings. The van der Waals surface area contributed by atoms with Gasteiger partial charge in [-0.25, -0.2) is 0 Å². The summed E-state index contributed by atoms with van der Waals surface area (Å²) in [6, 6.07) is 0.589. The molecule has 0 radical (unpaired) electrons. The molecule has 0 aromatic carbocycles. The molecule has 1 spiro atoms. The number of carbonyl (C=O) groups is 1. The van der Waals surface area contributed by atoms with E-state index >= 15 is 0 Å². The van der Waals surface area contributed by atoms with Crippen LogP contribution in [0, 0.1) is 0 Å². The van der Waals surface area contributed by atoms with Crippen LogP contribution in [-0.4, -0.2) is 42.2 Å². The number of primary amides is 1. The zero-order valence-corrected chi connectivity index (χ0v) is 11.8. The van der Waals surface area contributed by atoms with E-state index in [1.54, 1.807) is 0 Å². The van der Waals surface area contributed by atoms with Crippen molar-refractivity contribution in [3.05, 3.63) is 0 Å². The lowest BCUT2D eigenvalue weighted by molar-refractivity contribution is -0.118. The maximum Gasteiger partial charge on any atom is 0.217 e. The molecule has 2 saturated heterocycles. The lowest BCUT2D eigenvalue weighted by Crippen LogP contribution is -2.47. The first-order valence-electron chi connectivity index (χ1n) is 6.94. The molecule has 18 heavy (non-hydrogen) atoms. The fraction of sp³-hybridized carbons (Fsp3) is 0.923. The molecule has 2 aliphatic heterocycles. The third-order valence-corrected chi connectivity index (χ3v) is 5.07. The first-order valence-corrected chi connectivity index (χ1v) is 8.09. The molecule has 0 saturated carbocycles. The van der Waals surface area contributed by atoms with Gasteiger partial charge in [-0.2, -0.15) is 11.8 Å². The molecule has 5 heteroatoms. The number of thioether (sulfide) groups is 1. The molecule has 0 aromatic heterocycles. The molecule has 2 heterocycles. The van der Waals surface area contributed by atoms with Gasteiger partial charge in [-0.15, -0.1) is 0 Å². The minimum atomic E-state index is -0.192. The second-order valence-corrected chi connectivity index (χ2v) is 6.51. The van der Waals surface area contributed by atoms with Gasteiger partial charge >= 0.3 is 0 Å². The van der Waals surface area contributed by atoms with Crippen LogP contribution in [-0.2, 0) is 9.53 Å². The quantitative estimate of drug-likeness (QED) is 0.715. The Kier molecular flexibility index (Phi) is 5.33. The van der Waals surface area contributed by atoms with Gasteiger partial charge in [0.1, 0.15) is 0 Å². The van der Waals surface area contributed by atoms with E-state index in [2.05, 4.69) is 5.32 Å². The molecule has 0 bridgehead atoms. The second-order valence-electron chi connectivity index (χ2n) is 5.40. The van der Waals surface area contributed by atoms with Gasteiger partial charge in [0.25, 0.3) is 0 Å². The van der Waals surface area contributed by atoms with Crippen molar-refractivity contribution in [2.75, 3.05) is 24.7 Å². The van der Waals surface area contributed by atoms with Gasteiger partial charge in [-0.05, 0) is 44.4 Å². The molecule has 0 aliphatic carbocycles. The molecule has 1 amide bonds. The summed E-state index contributed by atoms with van der Waals surface area (Å²) in [5.41, 5.74) is 5.28. The first-order chi connectivity index (χ1) is 8.70. The van der Waals surface area contributed by atoms with Crippen molar-refractivity contribution in [1.29, 1.82) is 0 Å². The van der Waals surface area contributed by atoms with Gasteiger partial charge in [-0.1, -0.05) is 0 Å². The topological polar surface area (TPSA) is 64.4 Å². The maximum absolute atomic E-state index is 10.6. The van der Waals surface area contributed by atoms with E-state index in [1.807, 2.05) is 11.8 Å². The van der Waals surface area contributed by atoms with E-state index in [0.29, 0.717) is 12.5 Å². The highest BCUT2D eigenvalue weighted by Gasteiger charge is 2.40. The van der Waals surface area contributed by atoms with E-state index in [1.165, 1.54) is 12.2 Å². The minimum Gasteiger partial charge on any atom is -0.374 e. The summed E-state index contributed by atoms with van der Waals surface area (Å²) >= 11 is 2.01. The van der Waals surface area contributed by atoms with Gasteiger partial charge in [0, 0.05) is 24.8 Å². The summed E-state index contributed by atoms with van der Waals surface area (Å²) in [6.07, 6.45) is 5.90. The SMILES string of the molecule is NC(=O)CCCCNC1CCOC2(CCSC2)C1. The summed E-state index contributed by atoms with van der Waals surface area (Å²) < 4.78 is 5.99. The highest BCUT2D eigenvalue weighted by Crippen LogP contribution is 2.38. The molecule has 3 N–H and O–H groups in total. The van der Waals surface area contributed by atoms with Crippen molar-refractivity contribution in [2.45, 2.75) is 50.2 Å². The molecule has 2 fully saturated rings. The number of ether oxygens (including phenoxy) is 1. The predicted octanol–water partition coefficient (Wildman–Crippen LogP) is 1.29. The van der Waals surface area contributed by atoms with Crippen molar-refractivity contribution in [1.82, 2.24) is 5.32 Å². The van der Waals surface area contributed by atoms with Crippen molar-refractivity contribution in [3.63, 3.8) is 0 Å². The van der Waals surface area contributed by atoms with Crippen LogP contribution in [0.25, 0.3) is 0 Å². The lowest BCUT2D eigenvalue weighted by atomic mass is 9.90. The first kappa shape index (κ1) is 14.2. The zero-order valence-electron chi connectivity index (χ0n) is 11.0. The fourth-order valence-electron chi connectivity index (χ4n) is 2.80. The van der Waals surface area contributed by atoms with Gasteiger partial charge in [0.15, 0.2) is 0 Å². The lowest BCUT2D eigenvalue weighted by Gasteiger charge is -2.38. The number of amides is 1. The van der Waals surface area contributed by atoms with Gasteiger partial charge in [0.2, 0.25) is 5.91 Å². The fourth-order valence-corrected chi connectivity index (χ4v) is 4.17. The second kappa shape index (κ2) is 6.78. The largest absolute Gasteiger partial charge is 0.374 e. The minimum absolute atomic E-state index is 0.161. The summed E-state index contributed by atoms with van der Waals surface area (Å²) in [4.78, 5) is 10.6. The maximum atomic E-state index is 10.6. The molecular weight excluding hydrogens is 248 g/mol. The Bertz CT molecular complexity index is 280.